The fraction of sp³-hybridized carbons (Fsp3) is 0.240. The summed E-state index contributed by atoms with van der Waals surface area (Å²) in [6.07, 6.45) is 0. The highest BCUT2D eigenvalue weighted by atomic mass is 35.5. The minimum absolute atomic E-state index is 0.0916. The zero-order valence-electron chi connectivity index (χ0n) is 19.3. The van der Waals surface area contributed by atoms with E-state index >= 15 is 0 Å². The number of para-hydroxylation sites is 2. The molecule has 35 heavy (non-hydrogen) atoms. The van der Waals surface area contributed by atoms with Crippen LogP contribution in [0.1, 0.15) is 11.1 Å². The SMILES string of the molecule is COc1ccccc1N(CC(=O)NCCSCc1c(Cl)cccc1Cl)S(=O)(=O)c1ccc(C)cc1. The third-order valence-electron chi connectivity index (χ3n) is 5.13. The highest BCUT2D eigenvalue weighted by molar-refractivity contribution is 7.98. The Morgan fingerprint density at radius 1 is 1.00 bits per heavy atom. The van der Waals surface area contributed by atoms with Gasteiger partial charge >= 0.3 is 0 Å². The van der Waals surface area contributed by atoms with E-state index in [-0.39, 0.29) is 10.6 Å². The Balaban J connectivity index is 1.69. The summed E-state index contributed by atoms with van der Waals surface area (Å²) in [5, 5.41) is 4.00. The van der Waals surface area contributed by atoms with Gasteiger partial charge in [0.25, 0.3) is 10.0 Å². The van der Waals surface area contributed by atoms with Gasteiger partial charge in [-0.2, -0.15) is 11.8 Å². The Morgan fingerprint density at radius 2 is 1.66 bits per heavy atom. The number of carbonyl (C=O) groups excluding carboxylic acids is 1. The van der Waals surface area contributed by atoms with Crippen molar-refractivity contribution in [2.75, 3.05) is 30.3 Å². The quantitative estimate of drug-likeness (QED) is 0.315. The number of nitrogens with one attached hydrogen (secondary N) is 1. The molecule has 10 heteroatoms. The lowest BCUT2D eigenvalue weighted by Crippen LogP contribution is -2.41. The van der Waals surface area contributed by atoms with Crippen LogP contribution in [0.15, 0.2) is 71.6 Å². The Hall–Kier alpha value is -2.39. The highest BCUT2D eigenvalue weighted by Gasteiger charge is 2.29. The zero-order chi connectivity index (χ0) is 25.4. The molecule has 0 bridgehead atoms. The first-order valence-electron chi connectivity index (χ1n) is 10.7. The van der Waals surface area contributed by atoms with E-state index in [9.17, 15) is 13.2 Å². The van der Waals surface area contributed by atoms with Gasteiger partial charge in [0, 0.05) is 28.1 Å². The fourth-order valence-electron chi connectivity index (χ4n) is 3.27. The number of carbonyl (C=O) groups is 1. The first kappa shape index (κ1) is 27.2. The van der Waals surface area contributed by atoms with E-state index in [0.717, 1.165) is 15.4 Å². The maximum atomic E-state index is 13.5. The minimum atomic E-state index is -4.02. The second-order valence-corrected chi connectivity index (χ2v) is 11.4. The average molecular weight is 554 g/mol. The summed E-state index contributed by atoms with van der Waals surface area (Å²) < 4.78 is 33.5. The molecule has 3 aromatic rings. The summed E-state index contributed by atoms with van der Waals surface area (Å²) in [6.45, 7) is 1.84. The number of rotatable bonds is 11. The van der Waals surface area contributed by atoms with Crippen molar-refractivity contribution in [2.45, 2.75) is 17.6 Å². The average Bonchev–Trinajstić information content (AvgIpc) is 2.84. The van der Waals surface area contributed by atoms with Crippen LogP contribution in [0.25, 0.3) is 0 Å². The number of hydrogen-bond acceptors (Lipinski definition) is 5. The molecule has 0 aliphatic carbocycles. The zero-order valence-corrected chi connectivity index (χ0v) is 22.5. The van der Waals surface area contributed by atoms with Crippen LogP contribution in [0.2, 0.25) is 10.0 Å². The molecular weight excluding hydrogens is 527 g/mol. The van der Waals surface area contributed by atoms with E-state index < -0.39 is 22.5 Å². The van der Waals surface area contributed by atoms with Crippen LogP contribution in [0.5, 0.6) is 5.75 Å². The van der Waals surface area contributed by atoms with Gasteiger partial charge in [0.2, 0.25) is 5.91 Å². The minimum Gasteiger partial charge on any atom is -0.495 e. The standard InChI is InChI=1S/C25H26Cl2N2O4S2/c1-18-10-12-19(13-11-18)35(31,32)29(23-8-3-4-9-24(23)33-2)16-25(30)28-14-15-34-17-20-21(26)6-5-7-22(20)27/h3-13H,14-17H2,1-2H3,(H,28,30). The predicted molar refractivity (Wildman–Crippen MR) is 144 cm³/mol. The van der Waals surface area contributed by atoms with Crippen LogP contribution in [0.3, 0.4) is 0 Å². The van der Waals surface area contributed by atoms with Crippen molar-refractivity contribution in [3.05, 3.63) is 87.9 Å². The van der Waals surface area contributed by atoms with Gasteiger partial charge in [0.05, 0.1) is 17.7 Å². The van der Waals surface area contributed by atoms with E-state index in [4.69, 9.17) is 27.9 Å². The van der Waals surface area contributed by atoms with E-state index in [2.05, 4.69) is 5.32 Å². The van der Waals surface area contributed by atoms with Crippen molar-refractivity contribution in [1.29, 1.82) is 0 Å². The molecule has 3 rings (SSSR count). The van der Waals surface area contributed by atoms with Gasteiger partial charge in [0.1, 0.15) is 12.3 Å². The molecule has 0 atom stereocenters. The molecule has 186 valence electrons. The number of methoxy groups -OCH3 is 1. The van der Waals surface area contributed by atoms with Gasteiger partial charge in [0.15, 0.2) is 0 Å². The van der Waals surface area contributed by atoms with Crippen LogP contribution in [-0.2, 0) is 20.6 Å². The number of anilines is 1. The molecular formula is C25H26Cl2N2O4S2. The molecule has 0 aliphatic rings. The second kappa shape index (κ2) is 12.5. The van der Waals surface area contributed by atoms with E-state index in [1.54, 1.807) is 66.4 Å². The maximum Gasteiger partial charge on any atom is 0.264 e. The Morgan fingerprint density at radius 3 is 2.31 bits per heavy atom. The van der Waals surface area contributed by atoms with Crippen molar-refractivity contribution in [1.82, 2.24) is 5.32 Å². The number of ether oxygens (including phenoxy) is 1. The van der Waals surface area contributed by atoms with Crippen LogP contribution < -0.4 is 14.4 Å². The van der Waals surface area contributed by atoms with Crippen LogP contribution in [-0.4, -0.2) is 40.3 Å². The summed E-state index contributed by atoms with van der Waals surface area (Å²) in [5.74, 6) is 1.13. The number of halogens is 2. The molecule has 0 unspecified atom stereocenters. The summed E-state index contributed by atoms with van der Waals surface area (Å²) in [6, 6.07) is 18.6. The predicted octanol–water partition coefficient (Wildman–Crippen LogP) is 5.56. The van der Waals surface area contributed by atoms with Crippen LogP contribution >= 0.6 is 35.0 Å². The summed E-state index contributed by atoms with van der Waals surface area (Å²) in [7, 11) is -2.56. The molecule has 0 saturated heterocycles. The molecule has 6 nitrogen and oxygen atoms in total. The Kier molecular flexibility index (Phi) is 9.74. The number of aryl methyl sites for hydroxylation is 1. The van der Waals surface area contributed by atoms with Gasteiger partial charge < -0.3 is 10.1 Å². The topological polar surface area (TPSA) is 75.7 Å². The van der Waals surface area contributed by atoms with E-state index in [1.807, 2.05) is 6.92 Å². The molecule has 1 N–H and O–H groups in total. The van der Waals surface area contributed by atoms with E-state index in [1.165, 1.54) is 19.2 Å². The number of benzene rings is 3. The van der Waals surface area contributed by atoms with E-state index in [0.29, 0.717) is 33.8 Å². The molecule has 0 saturated carbocycles. The molecule has 3 aromatic carbocycles. The molecule has 0 aromatic heterocycles. The molecule has 0 heterocycles. The van der Waals surface area contributed by atoms with Crippen molar-refractivity contribution in [2.24, 2.45) is 0 Å². The Labute approximate surface area is 220 Å². The molecule has 0 fully saturated rings. The lowest BCUT2D eigenvalue weighted by molar-refractivity contribution is -0.119. The van der Waals surface area contributed by atoms with Gasteiger partial charge in [-0.25, -0.2) is 8.42 Å². The van der Waals surface area contributed by atoms with Gasteiger partial charge in [-0.05, 0) is 48.9 Å². The second-order valence-electron chi connectivity index (χ2n) is 7.60. The smallest absolute Gasteiger partial charge is 0.264 e. The van der Waals surface area contributed by atoms with Crippen LogP contribution in [0, 0.1) is 6.92 Å². The van der Waals surface area contributed by atoms with Gasteiger partial charge in [-0.3, -0.25) is 9.10 Å². The third kappa shape index (κ3) is 7.07. The molecule has 1 amide bonds. The summed E-state index contributed by atoms with van der Waals surface area (Å²) in [4.78, 5) is 12.9. The number of thioether (sulfide) groups is 1. The van der Waals surface area contributed by atoms with Gasteiger partial charge in [-0.1, -0.05) is 59.1 Å². The lowest BCUT2D eigenvalue weighted by Gasteiger charge is -2.25. The number of amides is 1. The number of hydrogen-bond donors (Lipinski definition) is 1. The normalized spacial score (nSPS) is 11.2. The fourth-order valence-corrected chi connectivity index (χ4v) is 6.29. The molecule has 0 spiro atoms. The lowest BCUT2D eigenvalue weighted by atomic mass is 10.2. The summed E-state index contributed by atoms with van der Waals surface area (Å²) in [5.41, 5.74) is 2.06. The van der Waals surface area contributed by atoms with Crippen molar-refractivity contribution < 1.29 is 17.9 Å². The van der Waals surface area contributed by atoms with Crippen LogP contribution in [0.4, 0.5) is 5.69 Å². The number of nitrogens with zero attached hydrogens (tertiary/aromatic N) is 1. The largest absolute Gasteiger partial charge is 0.495 e. The van der Waals surface area contributed by atoms with Gasteiger partial charge in [-0.15, -0.1) is 0 Å². The maximum absolute atomic E-state index is 13.5. The monoisotopic (exact) mass is 552 g/mol. The highest BCUT2D eigenvalue weighted by Crippen LogP contribution is 2.32. The first-order chi connectivity index (χ1) is 16.7. The molecule has 0 aliphatic heterocycles. The summed E-state index contributed by atoms with van der Waals surface area (Å²) >= 11 is 14.0. The van der Waals surface area contributed by atoms with Crippen molar-refractivity contribution in [3.63, 3.8) is 0 Å². The third-order valence-corrected chi connectivity index (χ3v) is 8.59. The first-order valence-corrected chi connectivity index (χ1v) is 14.1. The van der Waals surface area contributed by atoms with Crippen molar-refractivity contribution in [3.8, 4) is 5.75 Å². The number of sulfonamides is 1. The van der Waals surface area contributed by atoms with Crippen molar-refractivity contribution >= 4 is 56.6 Å². The molecule has 0 radical (unpaired) electrons. The Bertz CT molecular complexity index is 1250.